The summed E-state index contributed by atoms with van der Waals surface area (Å²) in [7, 11) is 0. The number of nitrogens with zero attached hydrogens (tertiary/aromatic N) is 1. The number of benzene rings is 2. The molecule has 1 atom stereocenters. The molecule has 1 saturated heterocycles. The van der Waals surface area contributed by atoms with Gasteiger partial charge >= 0.3 is 0 Å². The van der Waals surface area contributed by atoms with Crippen LogP contribution in [0.5, 0.6) is 11.5 Å². The maximum Gasteiger partial charge on any atom is 0.227 e. The number of primary amides is 1. The van der Waals surface area contributed by atoms with Crippen molar-refractivity contribution in [2.45, 2.75) is 6.42 Å². The number of carbonyl (C=O) groups excluding carboxylic acids is 2. The smallest absolute Gasteiger partial charge is 0.227 e. The first-order valence-corrected chi connectivity index (χ1v) is 7.07. The van der Waals surface area contributed by atoms with E-state index in [1.54, 1.807) is 17.0 Å². The van der Waals surface area contributed by atoms with Crippen LogP contribution in [-0.4, -0.2) is 18.4 Å². The molecule has 5 nitrogen and oxygen atoms in total. The maximum absolute atomic E-state index is 12.2. The van der Waals surface area contributed by atoms with Crippen LogP contribution in [0.3, 0.4) is 0 Å². The van der Waals surface area contributed by atoms with Crippen molar-refractivity contribution >= 4 is 17.5 Å². The molecule has 112 valence electrons. The first-order valence-electron chi connectivity index (χ1n) is 7.07. The van der Waals surface area contributed by atoms with Gasteiger partial charge in [0, 0.05) is 13.0 Å². The van der Waals surface area contributed by atoms with Crippen molar-refractivity contribution in [3.8, 4) is 11.5 Å². The largest absolute Gasteiger partial charge is 0.455 e. The fraction of sp³-hybridized carbons (Fsp3) is 0.176. The molecule has 2 aromatic carbocycles. The molecule has 0 spiro atoms. The van der Waals surface area contributed by atoms with E-state index in [0.717, 1.165) is 0 Å². The Labute approximate surface area is 128 Å². The number of rotatable bonds is 4. The van der Waals surface area contributed by atoms with Crippen LogP contribution >= 0.6 is 0 Å². The maximum atomic E-state index is 12.2. The average Bonchev–Trinajstić information content (AvgIpc) is 2.91. The van der Waals surface area contributed by atoms with E-state index in [1.807, 2.05) is 42.5 Å². The van der Waals surface area contributed by atoms with Gasteiger partial charge in [-0.25, -0.2) is 0 Å². The van der Waals surface area contributed by atoms with Crippen LogP contribution < -0.4 is 15.4 Å². The minimum atomic E-state index is -0.447. The van der Waals surface area contributed by atoms with Crippen LogP contribution in [0.25, 0.3) is 0 Å². The molecule has 0 aliphatic carbocycles. The first-order chi connectivity index (χ1) is 10.6. The van der Waals surface area contributed by atoms with Crippen LogP contribution in [0.1, 0.15) is 6.42 Å². The Balaban J connectivity index is 1.89. The zero-order valence-electron chi connectivity index (χ0n) is 11.9. The SMILES string of the molecule is NC(=O)C1CC(=O)N(c2ccccc2Oc2ccccc2)C1. The molecule has 2 amide bonds. The fourth-order valence-corrected chi connectivity index (χ4v) is 2.51. The fourth-order valence-electron chi connectivity index (χ4n) is 2.51. The molecule has 1 aliphatic heterocycles. The van der Waals surface area contributed by atoms with Crippen LogP contribution in [0.15, 0.2) is 54.6 Å². The average molecular weight is 296 g/mol. The van der Waals surface area contributed by atoms with E-state index in [-0.39, 0.29) is 12.3 Å². The number of nitrogens with two attached hydrogens (primary N) is 1. The highest BCUT2D eigenvalue weighted by Crippen LogP contribution is 2.35. The Morgan fingerprint density at radius 3 is 2.45 bits per heavy atom. The summed E-state index contributed by atoms with van der Waals surface area (Å²) in [5.74, 6) is 0.253. The molecule has 22 heavy (non-hydrogen) atoms. The number of hydrogen-bond acceptors (Lipinski definition) is 3. The third-order valence-corrected chi connectivity index (χ3v) is 3.65. The second kappa shape index (κ2) is 5.89. The van der Waals surface area contributed by atoms with Crippen molar-refractivity contribution in [3.05, 3.63) is 54.6 Å². The van der Waals surface area contributed by atoms with Gasteiger partial charge in [-0.15, -0.1) is 0 Å². The number of anilines is 1. The molecule has 1 aliphatic rings. The summed E-state index contributed by atoms with van der Waals surface area (Å²) in [6.07, 6.45) is 0.148. The molecule has 0 bridgehead atoms. The van der Waals surface area contributed by atoms with Crippen LogP contribution in [0, 0.1) is 5.92 Å². The van der Waals surface area contributed by atoms with Gasteiger partial charge in [0.1, 0.15) is 5.75 Å². The summed E-state index contributed by atoms with van der Waals surface area (Å²) in [6, 6.07) is 16.6. The van der Waals surface area contributed by atoms with E-state index in [1.165, 1.54) is 0 Å². The zero-order chi connectivity index (χ0) is 15.5. The Morgan fingerprint density at radius 2 is 1.77 bits per heavy atom. The number of amides is 2. The Hall–Kier alpha value is -2.82. The van der Waals surface area contributed by atoms with Crippen molar-refractivity contribution in [2.75, 3.05) is 11.4 Å². The lowest BCUT2D eigenvalue weighted by Crippen LogP contribution is -2.28. The standard InChI is InChI=1S/C17H16N2O3/c18-17(21)12-10-16(20)19(11-12)14-8-4-5-9-15(14)22-13-6-2-1-3-7-13/h1-9,12H,10-11H2,(H2,18,21). The molecule has 1 unspecified atom stereocenters. The van der Waals surface area contributed by atoms with E-state index >= 15 is 0 Å². The second-order valence-corrected chi connectivity index (χ2v) is 5.19. The van der Waals surface area contributed by atoms with E-state index in [4.69, 9.17) is 10.5 Å². The molecule has 1 heterocycles. The molecule has 2 aromatic rings. The Morgan fingerprint density at radius 1 is 1.09 bits per heavy atom. The molecular weight excluding hydrogens is 280 g/mol. The van der Waals surface area contributed by atoms with E-state index in [2.05, 4.69) is 0 Å². The van der Waals surface area contributed by atoms with E-state index in [0.29, 0.717) is 23.7 Å². The van der Waals surface area contributed by atoms with Crippen molar-refractivity contribution in [3.63, 3.8) is 0 Å². The Bertz CT molecular complexity index is 700. The summed E-state index contributed by atoms with van der Waals surface area (Å²) in [5.41, 5.74) is 5.97. The number of ether oxygens (including phenoxy) is 1. The van der Waals surface area contributed by atoms with Gasteiger partial charge in [-0.1, -0.05) is 30.3 Å². The van der Waals surface area contributed by atoms with Crippen molar-refractivity contribution in [1.82, 2.24) is 0 Å². The third kappa shape index (κ3) is 2.79. The van der Waals surface area contributed by atoms with Crippen molar-refractivity contribution < 1.29 is 14.3 Å². The molecule has 1 fully saturated rings. The van der Waals surface area contributed by atoms with Crippen LogP contribution in [0.2, 0.25) is 0 Å². The molecule has 0 radical (unpaired) electrons. The van der Waals surface area contributed by atoms with Crippen LogP contribution in [0.4, 0.5) is 5.69 Å². The highest BCUT2D eigenvalue weighted by Gasteiger charge is 2.35. The lowest BCUT2D eigenvalue weighted by molar-refractivity contribution is -0.123. The van der Waals surface area contributed by atoms with E-state index in [9.17, 15) is 9.59 Å². The van der Waals surface area contributed by atoms with Crippen LogP contribution in [-0.2, 0) is 9.59 Å². The number of hydrogen-bond donors (Lipinski definition) is 1. The summed E-state index contributed by atoms with van der Waals surface area (Å²) in [4.78, 5) is 25.0. The third-order valence-electron chi connectivity index (χ3n) is 3.65. The summed E-state index contributed by atoms with van der Waals surface area (Å²) >= 11 is 0. The quantitative estimate of drug-likeness (QED) is 0.941. The van der Waals surface area contributed by atoms with Crippen molar-refractivity contribution in [2.24, 2.45) is 11.7 Å². The number of para-hydroxylation sites is 3. The molecular formula is C17H16N2O3. The first kappa shape index (κ1) is 14.1. The minimum Gasteiger partial charge on any atom is -0.455 e. The highest BCUT2D eigenvalue weighted by molar-refractivity contribution is 6.01. The van der Waals surface area contributed by atoms with Gasteiger partial charge in [0.25, 0.3) is 0 Å². The second-order valence-electron chi connectivity index (χ2n) is 5.19. The predicted octanol–water partition coefficient (Wildman–Crippen LogP) is 2.32. The molecule has 0 saturated carbocycles. The summed E-state index contributed by atoms with van der Waals surface area (Å²) < 4.78 is 5.86. The van der Waals surface area contributed by atoms with Gasteiger partial charge in [-0.3, -0.25) is 9.59 Å². The lowest BCUT2D eigenvalue weighted by Gasteiger charge is -2.20. The number of carbonyl (C=O) groups is 2. The molecule has 3 rings (SSSR count). The summed E-state index contributed by atoms with van der Waals surface area (Å²) in [6.45, 7) is 0.295. The highest BCUT2D eigenvalue weighted by atomic mass is 16.5. The Kier molecular flexibility index (Phi) is 3.78. The van der Waals surface area contributed by atoms with Gasteiger partial charge in [-0.2, -0.15) is 0 Å². The van der Waals surface area contributed by atoms with Gasteiger partial charge in [0.15, 0.2) is 5.75 Å². The molecule has 0 aromatic heterocycles. The van der Waals surface area contributed by atoms with E-state index < -0.39 is 11.8 Å². The predicted molar refractivity (Wildman–Crippen MR) is 82.6 cm³/mol. The summed E-state index contributed by atoms with van der Waals surface area (Å²) in [5, 5.41) is 0. The molecule has 2 N–H and O–H groups in total. The monoisotopic (exact) mass is 296 g/mol. The van der Waals surface area contributed by atoms with Crippen molar-refractivity contribution in [1.29, 1.82) is 0 Å². The van der Waals surface area contributed by atoms with Gasteiger partial charge in [0.05, 0.1) is 11.6 Å². The van der Waals surface area contributed by atoms with Gasteiger partial charge < -0.3 is 15.4 Å². The van der Waals surface area contributed by atoms with Gasteiger partial charge in [0.2, 0.25) is 11.8 Å². The zero-order valence-corrected chi connectivity index (χ0v) is 11.9. The molecule has 5 heteroatoms. The topological polar surface area (TPSA) is 72.6 Å². The minimum absolute atomic E-state index is 0.118. The lowest BCUT2D eigenvalue weighted by atomic mass is 10.1. The van der Waals surface area contributed by atoms with Gasteiger partial charge in [-0.05, 0) is 24.3 Å². The normalized spacial score (nSPS) is 17.5.